The molecular weight excluding hydrogens is 425 g/mol. The number of pyridine rings is 1. The van der Waals surface area contributed by atoms with Gasteiger partial charge in [-0.2, -0.15) is 0 Å². The molecular formula is C19H16N5O6P. The lowest BCUT2D eigenvalue weighted by Gasteiger charge is -2.06. The summed E-state index contributed by atoms with van der Waals surface area (Å²) in [4.78, 5) is 34.6. The molecule has 11 nitrogen and oxygen atoms in total. The molecule has 0 saturated heterocycles. The molecule has 158 valence electrons. The van der Waals surface area contributed by atoms with Crippen molar-refractivity contribution in [3.63, 3.8) is 0 Å². The molecule has 1 aliphatic heterocycles. The smallest absolute Gasteiger partial charge is 0.410 e. The van der Waals surface area contributed by atoms with Gasteiger partial charge in [0.1, 0.15) is 12.3 Å². The molecule has 0 saturated carbocycles. The Labute approximate surface area is 174 Å². The average Bonchev–Trinajstić information content (AvgIpc) is 3.41. The summed E-state index contributed by atoms with van der Waals surface area (Å²) in [6, 6.07) is 9.43. The maximum Gasteiger partial charge on any atom is 0.470 e. The summed E-state index contributed by atoms with van der Waals surface area (Å²) in [5, 5.41) is 7.96. The van der Waals surface area contributed by atoms with Crippen molar-refractivity contribution in [2.24, 2.45) is 7.05 Å². The number of hydrogen-bond donors (Lipinski definition) is 2. The molecule has 3 aromatic heterocycles. The van der Waals surface area contributed by atoms with Crippen LogP contribution in [-0.4, -0.2) is 34.3 Å². The van der Waals surface area contributed by atoms with Gasteiger partial charge in [0.05, 0.1) is 23.3 Å². The van der Waals surface area contributed by atoms with Crippen LogP contribution in [0, 0.1) is 0 Å². The van der Waals surface area contributed by atoms with Crippen molar-refractivity contribution in [1.82, 2.24) is 24.5 Å². The number of aryl methyl sites for hydroxylation is 1. The van der Waals surface area contributed by atoms with Crippen molar-refractivity contribution in [2.45, 2.75) is 13.0 Å². The minimum Gasteiger partial charge on any atom is -0.410 e. The third-order valence-corrected chi connectivity index (χ3v) is 5.45. The molecule has 5 rings (SSSR count). The Morgan fingerprint density at radius 3 is 2.68 bits per heavy atom. The minimum atomic E-state index is -4.68. The number of rotatable bonds is 5. The molecule has 2 N–H and O–H groups in total. The van der Waals surface area contributed by atoms with E-state index in [-0.39, 0.29) is 5.76 Å². The van der Waals surface area contributed by atoms with Crippen LogP contribution in [0.3, 0.4) is 0 Å². The molecule has 4 aromatic rings. The van der Waals surface area contributed by atoms with Crippen molar-refractivity contribution < 1.29 is 23.3 Å². The van der Waals surface area contributed by atoms with E-state index in [0.29, 0.717) is 29.2 Å². The molecule has 1 aliphatic rings. The van der Waals surface area contributed by atoms with Gasteiger partial charge in [-0.15, -0.1) is 5.10 Å². The minimum absolute atomic E-state index is 0.0982. The maximum absolute atomic E-state index is 12.3. The standard InChI is InChI=1S/C19H16N5O6P/c1-23-9-15(21-22-23)14-4-2-12(8-20-14)11-3-5-16-13(6-11)7-17-18(10-29-31(26,27)28)30-19(25)24(16)17/h2-6,8-9H,7,10H2,1H3,(H2,26,27,28). The first-order valence-corrected chi connectivity index (χ1v) is 10.7. The summed E-state index contributed by atoms with van der Waals surface area (Å²) in [6.07, 6.45) is 3.90. The van der Waals surface area contributed by atoms with Crippen LogP contribution >= 0.6 is 7.82 Å². The summed E-state index contributed by atoms with van der Waals surface area (Å²) in [5.41, 5.74) is 5.27. The van der Waals surface area contributed by atoms with E-state index < -0.39 is 20.2 Å². The molecule has 4 heterocycles. The Morgan fingerprint density at radius 1 is 1.19 bits per heavy atom. The van der Waals surface area contributed by atoms with Gasteiger partial charge in [0.25, 0.3) is 0 Å². The summed E-state index contributed by atoms with van der Waals surface area (Å²) in [5.74, 6) is -0.526. The zero-order chi connectivity index (χ0) is 21.8. The number of aromatic nitrogens is 5. The van der Waals surface area contributed by atoms with Crippen LogP contribution in [0.25, 0.3) is 28.2 Å². The molecule has 0 atom stereocenters. The number of nitrogens with zero attached hydrogens (tertiary/aromatic N) is 5. The van der Waals surface area contributed by atoms with Crippen LogP contribution in [0.2, 0.25) is 0 Å². The lowest BCUT2D eigenvalue weighted by atomic mass is 10.0. The van der Waals surface area contributed by atoms with E-state index in [9.17, 15) is 9.36 Å². The second-order valence-electron chi connectivity index (χ2n) is 7.07. The molecule has 0 aliphatic carbocycles. The van der Waals surface area contributed by atoms with Gasteiger partial charge >= 0.3 is 13.6 Å². The van der Waals surface area contributed by atoms with Crippen LogP contribution in [0.15, 0.2) is 51.9 Å². The van der Waals surface area contributed by atoms with E-state index in [0.717, 1.165) is 16.7 Å². The molecule has 1 aromatic carbocycles. The number of hydrogen-bond acceptors (Lipinski definition) is 7. The number of benzene rings is 1. The Bertz CT molecular complexity index is 1400. The van der Waals surface area contributed by atoms with Crippen molar-refractivity contribution in [2.75, 3.05) is 0 Å². The predicted octanol–water partition coefficient (Wildman–Crippen LogP) is 1.80. The fraction of sp³-hybridized carbons (Fsp3) is 0.158. The zero-order valence-electron chi connectivity index (χ0n) is 16.2. The van der Waals surface area contributed by atoms with Crippen molar-refractivity contribution >= 4 is 7.82 Å². The second-order valence-corrected chi connectivity index (χ2v) is 8.31. The largest absolute Gasteiger partial charge is 0.470 e. The summed E-state index contributed by atoms with van der Waals surface area (Å²) in [7, 11) is -2.89. The number of fused-ring (bicyclic) bond motifs is 3. The Kier molecular flexibility index (Phi) is 4.49. The maximum atomic E-state index is 12.3. The first-order valence-electron chi connectivity index (χ1n) is 9.18. The molecule has 0 unspecified atom stereocenters. The van der Waals surface area contributed by atoms with Gasteiger partial charge in [-0.3, -0.25) is 14.2 Å². The highest BCUT2D eigenvalue weighted by molar-refractivity contribution is 7.46. The highest BCUT2D eigenvalue weighted by Gasteiger charge is 2.28. The second kappa shape index (κ2) is 7.10. The fourth-order valence-corrected chi connectivity index (χ4v) is 3.89. The lowest BCUT2D eigenvalue weighted by molar-refractivity contribution is 0.174. The van der Waals surface area contributed by atoms with Crippen LogP contribution in [0.1, 0.15) is 17.0 Å². The molecule has 0 amide bonds. The Morgan fingerprint density at radius 2 is 2.00 bits per heavy atom. The normalized spacial score (nSPS) is 12.7. The third-order valence-electron chi connectivity index (χ3n) is 4.99. The lowest BCUT2D eigenvalue weighted by Crippen LogP contribution is -2.10. The molecule has 0 bridgehead atoms. The highest BCUT2D eigenvalue weighted by Crippen LogP contribution is 2.38. The first kappa shape index (κ1) is 19.6. The average molecular weight is 441 g/mol. The molecule has 0 fully saturated rings. The van der Waals surface area contributed by atoms with E-state index in [1.165, 1.54) is 4.57 Å². The van der Waals surface area contributed by atoms with Gasteiger partial charge < -0.3 is 14.2 Å². The number of phosphoric ester groups is 1. The van der Waals surface area contributed by atoms with Gasteiger partial charge in [0, 0.05) is 25.2 Å². The zero-order valence-corrected chi connectivity index (χ0v) is 17.1. The Hall–Kier alpha value is -3.37. The number of oxazole rings is 1. The summed E-state index contributed by atoms with van der Waals surface area (Å²) < 4.78 is 23.6. The van der Waals surface area contributed by atoms with E-state index in [1.54, 1.807) is 24.1 Å². The first-order chi connectivity index (χ1) is 14.8. The number of phosphoric acid groups is 1. The SMILES string of the molecule is Cn1cc(-c2ccc(-c3ccc4c(c3)Cc3c(COP(=O)(O)O)oc(=O)n3-4)cn2)nn1. The van der Waals surface area contributed by atoms with E-state index in [4.69, 9.17) is 14.2 Å². The third kappa shape index (κ3) is 3.64. The van der Waals surface area contributed by atoms with E-state index in [1.807, 2.05) is 30.3 Å². The van der Waals surface area contributed by atoms with Crippen molar-refractivity contribution in [1.29, 1.82) is 0 Å². The fourth-order valence-electron chi connectivity index (χ4n) is 3.61. The molecule has 12 heteroatoms. The van der Waals surface area contributed by atoms with Gasteiger partial charge in [-0.25, -0.2) is 13.9 Å². The molecule has 0 radical (unpaired) electrons. The highest BCUT2D eigenvalue weighted by atomic mass is 31.2. The van der Waals surface area contributed by atoms with Gasteiger partial charge in [-0.05, 0) is 29.3 Å². The van der Waals surface area contributed by atoms with E-state index in [2.05, 4.69) is 19.8 Å². The van der Waals surface area contributed by atoms with Crippen LogP contribution in [0.4, 0.5) is 0 Å². The van der Waals surface area contributed by atoms with Gasteiger partial charge in [0.2, 0.25) is 0 Å². The van der Waals surface area contributed by atoms with Crippen molar-refractivity contribution in [3.05, 3.63) is 70.3 Å². The molecule has 31 heavy (non-hydrogen) atoms. The van der Waals surface area contributed by atoms with Gasteiger partial charge in [-0.1, -0.05) is 17.3 Å². The molecule has 0 spiro atoms. The predicted molar refractivity (Wildman–Crippen MR) is 107 cm³/mol. The van der Waals surface area contributed by atoms with Crippen LogP contribution in [-0.2, 0) is 29.2 Å². The van der Waals surface area contributed by atoms with Crippen molar-refractivity contribution in [3.8, 4) is 28.2 Å². The summed E-state index contributed by atoms with van der Waals surface area (Å²) in [6.45, 7) is -0.490. The van der Waals surface area contributed by atoms with Crippen LogP contribution in [0.5, 0.6) is 0 Å². The summed E-state index contributed by atoms with van der Waals surface area (Å²) >= 11 is 0. The topological polar surface area (TPSA) is 146 Å². The quantitative estimate of drug-likeness (QED) is 0.390. The van der Waals surface area contributed by atoms with E-state index >= 15 is 0 Å². The van der Waals surface area contributed by atoms with Gasteiger partial charge in [0.15, 0.2) is 5.76 Å². The van der Waals surface area contributed by atoms with Crippen LogP contribution < -0.4 is 5.76 Å². The monoisotopic (exact) mass is 441 g/mol. The Balaban J connectivity index is 1.43.